The number of hydrogen-bond donors (Lipinski definition) is 1. The van der Waals surface area contributed by atoms with Gasteiger partial charge in [0.2, 0.25) is 0 Å². The van der Waals surface area contributed by atoms with Crippen LogP contribution in [0.4, 0.5) is 5.82 Å². The maximum atomic E-state index is 12.8. The fourth-order valence-corrected chi connectivity index (χ4v) is 2.69. The van der Waals surface area contributed by atoms with Gasteiger partial charge in [-0.2, -0.15) is 0 Å². The van der Waals surface area contributed by atoms with Gasteiger partial charge in [-0.3, -0.25) is 9.59 Å². The number of amides is 2. The molecule has 3 aromatic rings. The Morgan fingerprint density at radius 3 is 2.30 bits per heavy atom. The lowest BCUT2D eigenvalue weighted by Crippen LogP contribution is -2.30. The SMILES string of the molecule is CCN(Cc1ccccc1)C(=O)c1ccc(C(=O)Nc2cc(C)on2)cc1. The molecule has 1 heterocycles. The zero-order valence-corrected chi connectivity index (χ0v) is 15.3. The minimum absolute atomic E-state index is 0.0690. The molecule has 0 saturated carbocycles. The van der Waals surface area contributed by atoms with E-state index in [0.29, 0.717) is 35.8 Å². The van der Waals surface area contributed by atoms with Crippen molar-refractivity contribution in [3.63, 3.8) is 0 Å². The Balaban J connectivity index is 1.68. The summed E-state index contributed by atoms with van der Waals surface area (Å²) in [7, 11) is 0. The molecule has 0 bridgehead atoms. The van der Waals surface area contributed by atoms with Gasteiger partial charge in [0.05, 0.1) is 0 Å². The lowest BCUT2D eigenvalue weighted by Gasteiger charge is -2.21. The summed E-state index contributed by atoms with van der Waals surface area (Å²) in [6.45, 7) is 4.84. The normalized spacial score (nSPS) is 10.4. The molecular weight excluding hydrogens is 342 g/mol. The van der Waals surface area contributed by atoms with Crippen LogP contribution in [-0.4, -0.2) is 28.4 Å². The molecule has 0 atom stereocenters. The lowest BCUT2D eigenvalue weighted by atomic mass is 10.1. The molecule has 1 aromatic heterocycles. The van der Waals surface area contributed by atoms with E-state index in [1.54, 1.807) is 42.2 Å². The average Bonchev–Trinajstić information content (AvgIpc) is 3.11. The number of carbonyl (C=O) groups excluding carboxylic acids is 2. The van der Waals surface area contributed by atoms with E-state index in [4.69, 9.17) is 4.52 Å². The van der Waals surface area contributed by atoms with Crippen molar-refractivity contribution in [3.05, 3.63) is 83.1 Å². The fraction of sp³-hybridized carbons (Fsp3) is 0.190. The van der Waals surface area contributed by atoms with E-state index in [-0.39, 0.29) is 11.8 Å². The summed E-state index contributed by atoms with van der Waals surface area (Å²) in [5.41, 5.74) is 2.06. The van der Waals surface area contributed by atoms with Crippen LogP contribution in [0, 0.1) is 6.92 Å². The highest BCUT2D eigenvalue weighted by atomic mass is 16.5. The smallest absolute Gasteiger partial charge is 0.256 e. The predicted octanol–water partition coefficient (Wildman–Crippen LogP) is 3.90. The van der Waals surface area contributed by atoms with Gasteiger partial charge in [0, 0.05) is 30.3 Å². The minimum Gasteiger partial charge on any atom is -0.360 e. The first kappa shape index (κ1) is 18.4. The maximum Gasteiger partial charge on any atom is 0.256 e. The molecule has 2 amide bonds. The van der Waals surface area contributed by atoms with E-state index in [2.05, 4.69) is 10.5 Å². The van der Waals surface area contributed by atoms with Gasteiger partial charge in [-0.15, -0.1) is 0 Å². The van der Waals surface area contributed by atoms with E-state index in [1.807, 2.05) is 37.3 Å². The highest BCUT2D eigenvalue weighted by Gasteiger charge is 2.16. The summed E-state index contributed by atoms with van der Waals surface area (Å²) in [6, 6.07) is 18.1. The number of carbonyl (C=O) groups is 2. The molecule has 0 aliphatic heterocycles. The van der Waals surface area contributed by atoms with Crippen LogP contribution in [0.1, 0.15) is 39.0 Å². The Bertz CT molecular complexity index is 917. The number of benzene rings is 2. The maximum absolute atomic E-state index is 12.8. The second kappa shape index (κ2) is 8.31. The van der Waals surface area contributed by atoms with Gasteiger partial charge in [0.1, 0.15) is 5.76 Å². The second-order valence-corrected chi connectivity index (χ2v) is 6.16. The highest BCUT2D eigenvalue weighted by molar-refractivity contribution is 6.04. The standard InChI is InChI=1S/C21H21N3O3/c1-3-24(14-16-7-5-4-6-8-16)21(26)18-11-9-17(10-12-18)20(25)22-19-13-15(2)27-23-19/h4-13H,3,14H2,1-2H3,(H,22,23,25). The molecular formula is C21H21N3O3. The molecule has 138 valence electrons. The summed E-state index contributed by atoms with van der Waals surface area (Å²) in [6.07, 6.45) is 0. The summed E-state index contributed by atoms with van der Waals surface area (Å²) in [5.74, 6) is 0.598. The largest absolute Gasteiger partial charge is 0.360 e. The molecule has 27 heavy (non-hydrogen) atoms. The second-order valence-electron chi connectivity index (χ2n) is 6.16. The fourth-order valence-electron chi connectivity index (χ4n) is 2.69. The summed E-state index contributed by atoms with van der Waals surface area (Å²) < 4.78 is 4.92. The third kappa shape index (κ3) is 4.61. The Labute approximate surface area is 157 Å². The molecule has 3 rings (SSSR count). The molecule has 0 saturated heterocycles. The molecule has 2 aromatic carbocycles. The predicted molar refractivity (Wildman–Crippen MR) is 102 cm³/mol. The third-order valence-corrected chi connectivity index (χ3v) is 4.15. The average molecular weight is 363 g/mol. The van der Waals surface area contributed by atoms with Crippen molar-refractivity contribution in [2.24, 2.45) is 0 Å². The number of aryl methyl sites for hydroxylation is 1. The van der Waals surface area contributed by atoms with Crippen LogP contribution >= 0.6 is 0 Å². The van der Waals surface area contributed by atoms with Crippen molar-refractivity contribution in [3.8, 4) is 0 Å². The molecule has 0 unspecified atom stereocenters. The quantitative estimate of drug-likeness (QED) is 0.721. The van der Waals surface area contributed by atoms with Crippen molar-refractivity contribution >= 4 is 17.6 Å². The van der Waals surface area contributed by atoms with E-state index in [9.17, 15) is 9.59 Å². The molecule has 0 aliphatic carbocycles. The number of nitrogens with zero attached hydrogens (tertiary/aromatic N) is 2. The third-order valence-electron chi connectivity index (χ3n) is 4.15. The Morgan fingerprint density at radius 2 is 1.70 bits per heavy atom. The van der Waals surface area contributed by atoms with Crippen molar-refractivity contribution in [1.29, 1.82) is 0 Å². The van der Waals surface area contributed by atoms with Crippen LogP contribution in [0.25, 0.3) is 0 Å². The zero-order valence-electron chi connectivity index (χ0n) is 15.3. The monoisotopic (exact) mass is 363 g/mol. The lowest BCUT2D eigenvalue weighted by molar-refractivity contribution is 0.0752. The summed E-state index contributed by atoms with van der Waals surface area (Å²) in [4.78, 5) is 26.8. The highest BCUT2D eigenvalue weighted by Crippen LogP contribution is 2.13. The van der Waals surface area contributed by atoms with Crippen LogP contribution in [0.2, 0.25) is 0 Å². The van der Waals surface area contributed by atoms with E-state index in [0.717, 1.165) is 5.56 Å². The molecule has 0 spiro atoms. The summed E-state index contributed by atoms with van der Waals surface area (Å²) in [5, 5.41) is 6.39. The van der Waals surface area contributed by atoms with Crippen LogP contribution in [0.5, 0.6) is 0 Å². The topological polar surface area (TPSA) is 75.4 Å². The van der Waals surface area contributed by atoms with E-state index >= 15 is 0 Å². The first-order valence-corrected chi connectivity index (χ1v) is 8.74. The summed E-state index contributed by atoms with van der Waals surface area (Å²) >= 11 is 0. The molecule has 0 radical (unpaired) electrons. The van der Waals surface area contributed by atoms with Gasteiger partial charge in [0.25, 0.3) is 11.8 Å². The van der Waals surface area contributed by atoms with Crippen molar-refractivity contribution < 1.29 is 14.1 Å². The number of hydrogen-bond acceptors (Lipinski definition) is 4. The number of nitrogens with one attached hydrogen (secondary N) is 1. The molecule has 1 N–H and O–H groups in total. The Morgan fingerprint density at radius 1 is 1.04 bits per heavy atom. The van der Waals surface area contributed by atoms with Gasteiger partial charge in [-0.05, 0) is 43.7 Å². The van der Waals surface area contributed by atoms with Crippen LogP contribution in [0.15, 0.2) is 65.2 Å². The molecule has 6 heteroatoms. The van der Waals surface area contributed by atoms with Crippen molar-refractivity contribution in [2.75, 3.05) is 11.9 Å². The minimum atomic E-state index is -0.307. The first-order valence-electron chi connectivity index (χ1n) is 8.74. The zero-order chi connectivity index (χ0) is 19.2. The van der Waals surface area contributed by atoms with Crippen molar-refractivity contribution in [2.45, 2.75) is 20.4 Å². The van der Waals surface area contributed by atoms with Gasteiger partial charge in [-0.1, -0.05) is 35.5 Å². The first-order chi connectivity index (χ1) is 13.1. The van der Waals surface area contributed by atoms with Gasteiger partial charge < -0.3 is 14.7 Å². The molecule has 0 aliphatic rings. The Kier molecular flexibility index (Phi) is 5.66. The van der Waals surface area contributed by atoms with E-state index in [1.165, 1.54) is 0 Å². The van der Waals surface area contributed by atoms with Gasteiger partial charge in [0.15, 0.2) is 5.82 Å². The number of rotatable bonds is 6. The van der Waals surface area contributed by atoms with Crippen LogP contribution in [0.3, 0.4) is 0 Å². The number of anilines is 1. The van der Waals surface area contributed by atoms with Crippen LogP contribution in [-0.2, 0) is 6.54 Å². The van der Waals surface area contributed by atoms with Gasteiger partial charge >= 0.3 is 0 Å². The number of aromatic nitrogens is 1. The molecule has 6 nitrogen and oxygen atoms in total. The molecule has 0 fully saturated rings. The van der Waals surface area contributed by atoms with Crippen LogP contribution < -0.4 is 5.32 Å². The van der Waals surface area contributed by atoms with Crippen molar-refractivity contribution in [1.82, 2.24) is 10.1 Å². The Hall–Kier alpha value is -3.41. The van der Waals surface area contributed by atoms with E-state index < -0.39 is 0 Å². The van der Waals surface area contributed by atoms with Gasteiger partial charge in [-0.25, -0.2) is 0 Å².